The van der Waals surface area contributed by atoms with Gasteiger partial charge in [-0.15, -0.1) is 6.58 Å². The molecule has 24 heavy (non-hydrogen) atoms. The van der Waals surface area contributed by atoms with Gasteiger partial charge < -0.3 is 4.42 Å². The standard InChI is InChI=1S/C19H18N4O/c1-3-8-17-14(2)21-18(15-9-5-4-6-10-15)22-19(17)23-20-13-16-11-7-12-24-16/h3-7,9-13H,1,8H2,2H3,(H,21,22,23)/b20-13-. The highest BCUT2D eigenvalue weighted by Crippen LogP contribution is 2.23. The lowest BCUT2D eigenvalue weighted by atomic mass is 10.1. The van der Waals surface area contributed by atoms with Gasteiger partial charge in [0.2, 0.25) is 0 Å². The summed E-state index contributed by atoms with van der Waals surface area (Å²) in [7, 11) is 0. The lowest BCUT2D eigenvalue weighted by Gasteiger charge is -2.11. The number of furan rings is 1. The lowest BCUT2D eigenvalue weighted by molar-refractivity contribution is 0.560. The van der Waals surface area contributed by atoms with E-state index in [-0.39, 0.29) is 0 Å². The number of anilines is 1. The normalized spacial score (nSPS) is 10.9. The molecule has 3 rings (SSSR count). The zero-order valence-corrected chi connectivity index (χ0v) is 13.4. The molecule has 0 fully saturated rings. The van der Waals surface area contributed by atoms with Crippen LogP contribution in [0.4, 0.5) is 5.82 Å². The van der Waals surface area contributed by atoms with Crippen molar-refractivity contribution in [2.24, 2.45) is 5.10 Å². The monoisotopic (exact) mass is 318 g/mol. The lowest BCUT2D eigenvalue weighted by Crippen LogP contribution is -2.05. The van der Waals surface area contributed by atoms with E-state index in [1.54, 1.807) is 12.5 Å². The molecular formula is C19H18N4O. The molecule has 0 spiro atoms. The first-order chi connectivity index (χ1) is 11.8. The average Bonchev–Trinajstić information content (AvgIpc) is 3.12. The first kappa shape index (κ1) is 15.7. The minimum Gasteiger partial charge on any atom is -0.463 e. The van der Waals surface area contributed by atoms with Crippen LogP contribution >= 0.6 is 0 Å². The fraction of sp³-hybridized carbons (Fsp3) is 0.105. The van der Waals surface area contributed by atoms with Crippen LogP contribution in [-0.4, -0.2) is 16.2 Å². The highest BCUT2D eigenvalue weighted by atomic mass is 16.3. The van der Waals surface area contributed by atoms with Crippen LogP contribution in [0.2, 0.25) is 0 Å². The van der Waals surface area contributed by atoms with E-state index in [2.05, 4.69) is 27.1 Å². The van der Waals surface area contributed by atoms with Gasteiger partial charge in [-0.05, 0) is 25.5 Å². The quantitative estimate of drug-likeness (QED) is 0.420. The number of hydrogen-bond acceptors (Lipinski definition) is 5. The fourth-order valence-electron chi connectivity index (χ4n) is 2.32. The van der Waals surface area contributed by atoms with Crippen LogP contribution in [0.15, 0.2) is 70.9 Å². The van der Waals surface area contributed by atoms with E-state index in [1.807, 2.05) is 55.5 Å². The van der Waals surface area contributed by atoms with Gasteiger partial charge >= 0.3 is 0 Å². The van der Waals surface area contributed by atoms with Gasteiger partial charge in [0.1, 0.15) is 5.76 Å². The zero-order chi connectivity index (χ0) is 16.8. The molecule has 5 heteroatoms. The van der Waals surface area contributed by atoms with Crippen LogP contribution < -0.4 is 5.43 Å². The number of allylic oxidation sites excluding steroid dienone is 1. The Hall–Kier alpha value is -3.21. The number of hydrazone groups is 1. The SMILES string of the molecule is C=CCc1c(C)nc(-c2ccccc2)nc1N/N=C\c1ccco1. The van der Waals surface area contributed by atoms with Gasteiger partial charge in [0.05, 0.1) is 12.5 Å². The first-order valence-electron chi connectivity index (χ1n) is 7.64. The van der Waals surface area contributed by atoms with Gasteiger partial charge in [-0.2, -0.15) is 5.10 Å². The number of nitrogens with one attached hydrogen (secondary N) is 1. The van der Waals surface area contributed by atoms with E-state index in [4.69, 9.17) is 4.42 Å². The summed E-state index contributed by atoms with van der Waals surface area (Å²) in [5.74, 6) is 2.00. The van der Waals surface area contributed by atoms with Crippen LogP contribution in [-0.2, 0) is 6.42 Å². The summed E-state index contributed by atoms with van der Waals surface area (Å²) in [6.07, 6.45) is 5.71. The van der Waals surface area contributed by atoms with Crippen LogP contribution in [0, 0.1) is 6.92 Å². The van der Waals surface area contributed by atoms with Crippen molar-refractivity contribution in [2.75, 3.05) is 5.43 Å². The van der Waals surface area contributed by atoms with Crippen molar-refractivity contribution in [3.8, 4) is 11.4 Å². The number of benzene rings is 1. The highest BCUT2D eigenvalue weighted by Gasteiger charge is 2.11. The van der Waals surface area contributed by atoms with Crippen molar-refractivity contribution < 1.29 is 4.42 Å². The molecule has 0 saturated heterocycles. The summed E-state index contributed by atoms with van der Waals surface area (Å²) < 4.78 is 5.23. The first-order valence-corrected chi connectivity index (χ1v) is 7.64. The molecule has 1 N–H and O–H groups in total. The Morgan fingerprint density at radius 1 is 1.17 bits per heavy atom. The molecule has 120 valence electrons. The molecule has 0 atom stereocenters. The van der Waals surface area contributed by atoms with E-state index < -0.39 is 0 Å². The summed E-state index contributed by atoms with van der Waals surface area (Å²) in [4.78, 5) is 9.24. The molecule has 3 aromatic rings. The van der Waals surface area contributed by atoms with Crippen LogP contribution in [0.1, 0.15) is 17.0 Å². The number of hydrogen-bond donors (Lipinski definition) is 1. The zero-order valence-electron chi connectivity index (χ0n) is 13.4. The van der Waals surface area contributed by atoms with Gasteiger partial charge in [0.25, 0.3) is 0 Å². The van der Waals surface area contributed by atoms with Gasteiger partial charge in [-0.25, -0.2) is 9.97 Å². The third-order valence-electron chi connectivity index (χ3n) is 3.50. The van der Waals surface area contributed by atoms with Gasteiger partial charge in [0, 0.05) is 16.8 Å². The molecule has 0 saturated carbocycles. The maximum absolute atomic E-state index is 5.23. The Morgan fingerprint density at radius 2 is 2.00 bits per heavy atom. The summed E-state index contributed by atoms with van der Waals surface area (Å²) in [6.45, 7) is 5.77. The molecule has 0 aliphatic carbocycles. The molecule has 0 aliphatic rings. The summed E-state index contributed by atoms with van der Waals surface area (Å²) in [6, 6.07) is 13.5. The smallest absolute Gasteiger partial charge is 0.161 e. The van der Waals surface area contributed by atoms with Gasteiger partial charge in [-0.3, -0.25) is 5.43 Å². The summed E-state index contributed by atoms with van der Waals surface area (Å²) >= 11 is 0. The highest BCUT2D eigenvalue weighted by molar-refractivity contribution is 5.76. The second kappa shape index (κ2) is 7.37. The maximum atomic E-state index is 5.23. The van der Waals surface area contributed by atoms with Crippen molar-refractivity contribution in [3.63, 3.8) is 0 Å². The Bertz CT molecular complexity index is 839. The van der Waals surface area contributed by atoms with E-state index in [1.165, 1.54) is 0 Å². The van der Waals surface area contributed by atoms with Crippen LogP contribution in [0.5, 0.6) is 0 Å². The van der Waals surface area contributed by atoms with Crippen molar-refractivity contribution in [1.29, 1.82) is 0 Å². The molecule has 5 nitrogen and oxygen atoms in total. The topological polar surface area (TPSA) is 63.3 Å². The summed E-state index contributed by atoms with van der Waals surface area (Å²) in [5.41, 5.74) is 5.84. The third-order valence-corrected chi connectivity index (χ3v) is 3.50. The van der Waals surface area contributed by atoms with Crippen LogP contribution in [0.3, 0.4) is 0 Å². The Labute approximate surface area is 140 Å². The van der Waals surface area contributed by atoms with Gasteiger partial charge in [0.15, 0.2) is 11.6 Å². The number of rotatable bonds is 6. The maximum Gasteiger partial charge on any atom is 0.161 e. The Kier molecular flexibility index (Phi) is 4.81. The molecule has 0 amide bonds. The molecule has 0 unspecified atom stereocenters. The second-order valence-corrected chi connectivity index (χ2v) is 5.20. The van der Waals surface area contributed by atoms with Crippen molar-refractivity contribution >= 4 is 12.0 Å². The van der Waals surface area contributed by atoms with E-state index in [0.717, 1.165) is 16.8 Å². The number of aromatic nitrogens is 2. The van der Waals surface area contributed by atoms with E-state index in [0.29, 0.717) is 23.8 Å². The second-order valence-electron chi connectivity index (χ2n) is 5.20. The Balaban J connectivity index is 1.94. The minimum absolute atomic E-state index is 0.664. The predicted octanol–water partition coefficient (Wildman–Crippen LogP) is 4.22. The summed E-state index contributed by atoms with van der Waals surface area (Å²) in [5, 5.41) is 4.21. The van der Waals surface area contributed by atoms with Crippen molar-refractivity contribution in [1.82, 2.24) is 9.97 Å². The van der Waals surface area contributed by atoms with Crippen molar-refractivity contribution in [2.45, 2.75) is 13.3 Å². The molecule has 0 bridgehead atoms. The largest absolute Gasteiger partial charge is 0.463 e. The average molecular weight is 318 g/mol. The fourth-order valence-corrected chi connectivity index (χ4v) is 2.32. The molecule has 2 aromatic heterocycles. The molecule has 0 aliphatic heterocycles. The van der Waals surface area contributed by atoms with Crippen LogP contribution in [0.25, 0.3) is 11.4 Å². The third kappa shape index (κ3) is 3.57. The molecule has 1 aromatic carbocycles. The Morgan fingerprint density at radius 3 is 2.71 bits per heavy atom. The minimum atomic E-state index is 0.664. The number of aryl methyl sites for hydroxylation is 1. The van der Waals surface area contributed by atoms with Crippen molar-refractivity contribution in [3.05, 3.63) is 78.4 Å². The number of nitrogens with zero attached hydrogens (tertiary/aromatic N) is 3. The van der Waals surface area contributed by atoms with E-state index >= 15 is 0 Å². The molecular weight excluding hydrogens is 300 g/mol. The predicted molar refractivity (Wildman–Crippen MR) is 96.0 cm³/mol. The van der Waals surface area contributed by atoms with E-state index in [9.17, 15) is 0 Å². The molecule has 0 radical (unpaired) electrons. The molecule has 2 heterocycles. The van der Waals surface area contributed by atoms with Gasteiger partial charge in [-0.1, -0.05) is 36.4 Å².